The van der Waals surface area contributed by atoms with Crippen molar-refractivity contribution in [2.24, 2.45) is 10.3 Å². The molecule has 4 nitrogen and oxygen atoms in total. The van der Waals surface area contributed by atoms with E-state index in [0.29, 0.717) is 6.61 Å². The van der Waals surface area contributed by atoms with Crippen LogP contribution >= 0.6 is 0 Å². The molecule has 0 aliphatic heterocycles. The van der Waals surface area contributed by atoms with E-state index in [9.17, 15) is 0 Å². The third-order valence-electron chi connectivity index (χ3n) is 2.00. The van der Waals surface area contributed by atoms with Gasteiger partial charge in [-0.2, -0.15) is 0 Å². The van der Waals surface area contributed by atoms with E-state index in [2.05, 4.69) is 16.9 Å². The van der Waals surface area contributed by atoms with E-state index in [1.807, 2.05) is 31.2 Å². The standard InChI is InChI=1S/C13H16N2O2/c1-4-8-17-14-10-12-6-5-7-13(9-12)11(2)15-16-3/h4-7,9-10H,1,8H2,2-3H3. The summed E-state index contributed by atoms with van der Waals surface area (Å²) < 4.78 is 0. The third kappa shape index (κ3) is 4.51. The fraction of sp³-hybridized carbons (Fsp3) is 0.231. The van der Waals surface area contributed by atoms with Crippen LogP contribution in [-0.2, 0) is 9.68 Å². The second-order valence-corrected chi connectivity index (χ2v) is 3.30. The Morgan fingerprint density at radius 3 is 3.00 bits per heavy atom. The zero-order valence-electron chi connectivity index (χ0n) is 10.1. The lowest BCUT2D eigenvalue weighted by Crippen LogP contribution is -1.96. The Morgan fingerprint density at radius 1 is 1.47 bits per heavy atom. The van der Waals surface area contributed by atoms with Crippen LogP contribution in [0.25, 0.3) is 0 Å². The van der Waals surface area contributed by atoms with Gasteiger partial charge in [0, 0.05) is 0 Å². The first-order chi connectivity index (χ1) is 8.27. The summed E-state index contributed by atoms with van der Waals surface area (Å²) in [6.45, 7) is 5.82. The number of nitrogens with zero attached hydrogens (tertiary/aromatic N) is 2. The molecule has 1 rings (SSSR count). The highest BCUT2D eigenvalue weighted by atomic mass is 16.6. The lowest BCUT2D eigenvalue weighted by atomic mass is 10.1. The molecule has 1 aromatic carbocycles. The molecule has 0 saturated carbocycles. The third-order valence-corrected chi connectivity index (χ3v) is 2.00. The summed E-state index contributed by atoms with van der Waals surface area (Å²) in [5.41, 5.74) is 2.74. The molecule has 0 atom stereocenters. The maximum atomic E-state index is 4.93. The molecular weight excluding hydrogens is 216 g/mol. The van der Waals surface area contributed by atoms with E-state index in [0.717, 1.165) is 16.8 Å². The van der Waals surface area contributed by atoms with Crippen LogP contribution in [0.5, 0.6) is 0 Å². The Hall–Kier alpha value is -2.10. The Labute approximate surface area is 101 Å². The minimum Gasteiger partial charge on any atom is -0.399 e. The van der Waals surface area contributed by atoms with Gasteiger partial charge >= 0.3 is 0 Å². The average molecular weight is 232 g/mol. The van der Waals surface area contributed by atoms with Crippen LogP contribution in [0, 0.1) is 0 Å². The number of hydrogen-bond donors (Lipinski definition) is 0. The Bertz CT molecular complexity index is 425. The normalized spacial score (nSPS) is 11.5. The second kappa shape index (κ2) is 7.22. The van der Waals surface area contributed by atoms with Gasteiger partial charge in [-0.05, 0) is 24.1 Å². The van der Waals surface area contributed by atoms with E-state index >= 15 is 0 Å². The van der Waals surface area contributed by atoms with Crippen LogP contribution in [0.15, 0.2) is 47.2 Å². The average Bonchev–Trinajstić information content (AvgIpc) is 2.35. The summed E-state index contributed by atoms with van der Waals surface area (Å²) >= 11 is 0. The minimum atomic E-state index is 0.403. The largest absolute Gasteiger partial charge is 0.399 e. The van der Waals surface area contributed by atoms with Gasteiger partial charge in [-0.25, -0.2) is 0 Å². The van der Waals surface area contributed by atoms with Gasteiger partial charge in [0.05, 0.1) is 11.9 Å². The molecule has 0 unspecified atom stereocenters. The first-order valence-electron chi connectivity index (χ1n) is 5.22. The fourth-order valence-electron chi connectivity index (χ4n) is 1.23. The van der Waals surface area contributed by atoms with Crippen molar-refractivity contribution in [2.45, 2.75) is 6.92 Å². The van der Waals surface area contributed by atoms with E-state index in [-0.39, 0.29) is 0 Å². The van der Waals surface area contributed by atoms with Crippen molar-refractivity contribution >= 4 is 11.9 Å². The Morgan fingerprint density at radius 2 is 2.29 bits per heavy atom. The molecule has 0 saturated heterocycles. The van der Waals surface area contributed by atoms with Gasteiger partial charge in [-0.15, -0.1) is 0 Å². The lowest BCUT2D eigenvalue weighted by molar-refractivity contribution is 0.176. The van der Waals surface area contributed by atoms with Gasteiger partial charge in [0.15, 0.2) is 0 Å². The number of hydrogen-bond acceptors (Lipinski definition) is 4. The van der Waals surface area contributed by atoms with Crippen molar-refractivity contribution in [1.29, 1.82) is 0 Å². The van der Waals surface area contributed by atoms with Gasteiger partial charge in [0.2, 0.25) is 0 Å². The molecule has 0 N–H and O–H groups in total. The van der Waals surface area contributed by atoms with E-state index in [1.54, 1.807) is 12.3 Å². The summed E-state index contributed by atoms with van der Waals surface area (Å²) in [5, 5.41) is 7.68. The molecular formula is C13H16N2O2. The molecule has 0 amide bonds. The molecule has 0 aromatic heterocycles. The predicted molar refractivity (Wildman–Crippen MR) is 69.4 cm³/mol. The van der Waals surface area contributed by atoms with E-state index in [1.165, 1.54) is 7.11 Å². The summed E-state index contributed by atoms with van der Waals surface area (Å²) in [6, 6.07) is 7.78. The number of rotatable bonds is 6. The highest BCUT2D eigenvalue weighted by Gasteiger charge is 1.98. The lowest BCUT2D eigenvalue weighted by Gasteiger charge is -2.01. The number of benzene rings is 1. The van der Waals surface area contributed by atoms with E-state index in [4.69, 9.17) is 9.68 Å². The molecule has 17 heavy (non-hydrogen) atoms. The number of oxime groups is 2. The fourth-order valence-corrected chi connectivity index (χ4v) is 1.23. The van der Waals surface area contributed by atoms with Crippen molar-refractivity contribution in [1.82, 2.24) is 0 Å². The zero-order chi connectivity index (χ0) is 12.5. The monoisotopic (exact) mass is 232 g/mol. The molecule has 0 radical (unpaired) electrons. The summed E-state index contributed by atoms with van der Waals surface area (Å²) in [4.78, 5) is 9.66. The molecule has 0 bridgehead atoms. The molecule has 0 fully saturated rings. The summed E-state index contributed by atoms with van der Waals surface area (Å²) in [6.07, 6.45) is 3.29. The smallest absolute Gasteiger partial charge is 0.135 e. The van der Waals surface area contributed by atoms with Crippen molar-refractivity contribution in [3.8, 4) is 0 Å². The summed E-state index contributed by atoms with van der Waals surface area (Å²) in [7, 11) is 1.53. The van der Waals surface area contributed by atoms with Crippen molar-refractivity contribution < 1.29 is 9.68 Å². The molecule has 0 heterocycles. The molecule has 0 aliphatic rings. The van der Waals surface area contributed by atoms with Gasteiger partial charge in [-0.1, -0.05) is 41.2 Å². The van der Waals surface area contributed by atoms with Crippen LogP contribution in [0.2, 0.25) is 0 Å². The van der Waals surface area contributed by atoms with Gasteiger partial charge in [0.1, 0.15) is 13.7 Å². The highest BCUT2D eigenvalue weighted by Crippen LogP contribution is 2.05. The van der Waals surface area contributed by atoms with Crippen molar-refractivity contribution in [2.75, 3.05) is 13.7 Å². The van der Waals surface area contributed by atoms with Crippen LogP contribution in [0.4, 0.5) is 0 Å². The van der Waals surface area contributed by atoms with Gasteiger partial charge in [-0.3, -0.25) is 0 Å². The molecule has 0 spiro atoms. The first kappa shape index (κ1) is 13.0. The van der Waals surface area contributed by atoms with Crippen LogP contribution in [-0.4, -0.2) is 25.6 Å². The topological polar surface area (TPSA) is 43.2 Å². The van der Waals surface area contributed by atoms with Crippen LogP contribution in [0.3, 0.4) is 0 Å². The van der Waals surface area contributed by atoms with Crippen molar-refractivity contribution in [3.63, 3.8) is 0 Å². The Balaban J connectivity index is 2.75. The van der Waals surface area contributed by atoms with Gasteiger partial charge in [0.25, 0.3) is 0 Å². The first-order valence-corrected chi connectivity index (χ1v) is 5.22. The van der Waals surface area contributed by atoms with Gasteiger partial charge < -0.3 is 9.68 Å². The maximum Gasteiger partial charge on any atom is 0.135 e. The molecule has 4 heteroatoms. The van der Waals surface area contributed by atoms with Crippen LogP contribution in [0.1, 0.15) is 18.1 Å². The Kier molecular flexibility index (Phi) is 5.51. The highest BCUT2D eigenvalue weighted by molar-refractivity contribution is 5.99. The maximum absolute atomic E-state index is 4.93. The second-order valence-electron chi connectivity index (χ2n) is 3.30. The van der Waals surface area contributed by atoms with E-state index < -0.39 is 0 Å². The quantitative estimate of drug-likeness (QED) is 0.327. The SMILES string of the molecule is C=CCON=Cc1cccc(C(C)=NOC)c1. The zero-order valence-corrected chi connectivity index (χ0v) is 10.1. The minimum absolute atomic E-state index is 0.403. The summed E-state index contributed by atoms with van der Waals surface area (Å²) in [5.74, 6) is 0. The predicted octanol–water partition coefficient (Wildman–Crippen LogP) is 2.59. The van der Waals surface area contributed by atoms with Crippen LogP contribution < -0.4 is 0 Å². The molecule has 0 aliphatic carbocycles. The molecule has 90 valence electrons. The molecule has 1 aromatic rings. The van der Waals surface area contributed by atoms with Crippen molar-refractivity contribution in [3.05, 3.63) is 48.0 Å².